The third-order valence-electron chi connectivity index (χ3n) is 4.51. The van der Waals surface area contributed by atoms with E-state index in [4.69, 9.17) is 14.5 Å². The summed E-state index contributed by atoms with van der Waals surface area (Å²) in [4.78, 5) is 7.22. The van der Waals surface area contributed by atoms with Gasteiger partial charge in [0.25, 0.3) is 0 Å². The van der Waals surface area contributed by atoms with Crippen LogP contribution in [0.2, 0.25) is 0 Å². The summed E-state index contributed by atoms with van der Waals surface area (Å²) in [5, 5.41) is 6.74. The molecular formula is C21H37IN4O2. The van der Waals surface area contributed by atoms with Gasteiger partial charge in [-0.3, -0.25) is 9.89 Å². The summed E-state index contributed by atoms with van der Waals surface area (Å²) in [5.41, 5.74) is 1.28. The van der Waals surface area contributed by atoms with Gasteiger partial charge < -0.3 is 20.1 Å². The van der Waals surface area contributed by atoms with Gasteiger partial charge in [0.1, 0.15) is 5.75 Å². The number of hydrogen-bond donors (Lipinski definition) is 2. The third-order valence-corrected chi connectivity index (χ3v) is 4.51. The second-order valence-corrected chi connectivity index (χ2v) is 7.39. The Morgan fingerprint density at radius 1 is 1.29 bits per heavy atom. The number of morpholine rings is 1. The zero-order valence-electron chi connectivity index (χ0n) is 17.7. The Balaban J connectivity index is 0.00000392. The molecule has 1 unspecified atom stereocenters. The Kier molecular flexibility index (Phi) is 12.5. The van der Waals surface area contributed by atoms with Crippen molar-refractivity contribution in [2.45, 2.75) is 33.3 Å². The van der Waals surface area contributed by atoms with Crippen LogP contribution in [0.5, 0.6) is 5.75 Å². The predicted molar refractivity (Wildman–Crippen MR) is 127 cm³/mol. The Bertz CT molecular complexity index is 566. The molecule has 1 aromatic carbocycles. The van der Waals surface area contributed by atoms with Gasteiger partial charge in [-0.05, 0) is 37.0 Å². The summed E-state index contributed by atoms with van der Waals surface area (Å²) >= 11 is 0. The van der Waals surface area contributed by atoms with Crippen LogP contribution in [-0.2, 0) is 11.2 Å². The fraction of sp³-hybridized carbons (Fsp3) is 0.667. The van der Waals surface area contributed by atoms with E-state index in [0.717, 1.165) is 57.5 Å². The number of methoxy groups -OCH3 is 1. The molecule has 1 fully saturated rings. The molecule has 2 N–H and O–H groups in total. The van der Waals surface area contributed by atoms with Crippen molar-refractivity contribution in [2.75, 3.05) is 53.0 Å². The lowest BCUT2D eigenvalue weighted by molar-refractivity contribution is -0.0261. The molecule has 0 aromatic heterocycles. The van der Waals surface area contributed by atoms with Crippen molar-refractivity contribution in [2.24, 2.45) is 10.9 Å². The van der Waals surface area contributed by atoms with Crippen LogP contribution in [0.1, 0.15) is 26.3 Å². The summed E-state index contributed by atoms with van der Waals surface area (Å²) in [6.07, 6.45) is 1.12. The first kappa shape index (κ1) is 25.0. The number of halogens is 1. The van der Waals surface area contributed by atoms with E-state index in [-0.39, 0.29) is 30.1 Å². The Labute approximate surface area is 187 Å². The van der Waals surface area contributed by atoms with Gasteiger partial charge >= 0.3 is 0 Å². The van der Waals surface area contributed by atoms with Crippen molar-refractivity contribution in [3.63, 3.8) is 0 Å². The molecule has 160 valence electrons. The maximum absolute atomic E-state index is 5.90. The normalized spacial score (nSPS) is 17.9. The van der Waals surface area contributed by atoms with E-state index in [2.05, 4.69) is 48.4 Å². The summed E-state index contributed by atoms with van der Waals surface area (Å²) in [6.45, 7) is 12.9. The number of nitrogens with one attached hydrogen (secondary N) is 2. The van der Waals surface area contributed by atoms with Crippen LogP contribution in [0.25, 0.3) is 0 Å². The molecule has 1 saturated heterocycles. The highest BCUT2D eigenvalue weighted by Crippen LogP contribution is 2.11. The van der Waals surface area contributed by atoms with E-state index in [9.17, 15) is 0 Å². The van der Waals surface area contributed by atoms with Gasteiger partial charge in [-0.1, -0.05) is 26.0 Å². The molecule has 0 saturated carbocycles. The molecule has 1 aromatic rings. The van der Waals surface area contributed by atoms with Crippen LogP contribution < -0.4 is 15.4 Å². The number of rotatable bonds is 9. The van der Waals surface area contributed by atoms with E-state index in [1.54, 1.807) is 7.11 Å². The number of benzene rings is 1. The maximum atomic E-state index is 5.90. The second kappa shape index (κ2) is 14.0. The molecule has 2 rings (SSSR count). The molecule has 1 aliphatic rings. The summed E-state index contributed by atoms with van der Waals surface area (Å²) in [7, 11) is 1.69. The lowest BCUT2D eigenvalue weighted by Crippen LogP contribution is -2.46. The van der Waals surface area contributed by atoms with Crippen molar-refractivity contribution < 1.29 is 9.47 Å². The standard InChI is InChI=1S/C21H36N4O2.HI/c1-5-22-21(23-11-10-18-6-8-19(26-4)9-7-18)24-14-20-16-25(12-13-27-20)15-17(2)3;/h6-9,17,20H,5,10-16H2,1-4H3,(H2,22,23,24);1H. The SMILES string of the molecule is CCNC(=NCC1CN(CC(C)C)CCO1)NCCc1ccc(OC)cc1.I. The number of nitrogens with zero attached hydrogens (tertiary/aromatic N) is 2. The summed E-state index contributed by atoms with van der Waals surface area (Å²) in [6, 6.07) is 8.20. The van der Waals surface area contributed by atoms with E-state index >= 15 is 0 Å². The number of hydrogen-bond acceptors (Lipinski definition) is 4. The molecule has 0 spiro atoms. The Morgan fingerprint density at radius 2 is 2.04 bits per heavy atom. The average molecular weight is 504 g/mol. The van der Waals surface area contributed by atoms with Crippen LogP contribution in [-0.4, -0.2) is 69.9 Å². The molecule has 1 atom stereocenters. The largest absolute Gasteiger partial charge is 0.497 e. The van der Waals surface area contributed by atoms with Crippen LogP contribution in [0, 0.1) is 5.92 Å². The van der Waals surface area contributed by atoms with Gasteiger partial charge in [-0.15, -0.1) is 24.0 Å². The predicted octanol–water partition coefficient (Wildman–Crippen LogP) is 2.77. The zero-order valence-corrected chi connectivity index (χ0v) is 20.1. The smallest absolute Gasteiger partial charge is 0.191 e. The minimum absolute atomic E-state index is 0. The van der Waals surface area contributed by atoms with Gasteiger partial charge in [-0.2, -0.15) is 0 Å². The monoisotopic (exact) mass is 504 g/mol. The molecule has 7 heteroatoms. The highest BCUT2D eigenvalue weighted by Gasteiger charge is 2.20. The summed E-state index contributed by atoms with van der Waals surface area (Å²) < 4.78 is 11.1. The van der Waals surface area contributed by atoms with Gasteiger partial charge in [0, 0.05) is 32.7 Å². The van der Waals surface area contributed by atoms with E-state index in [1.807, 2.05) is 12.1 Å². The fourth-order valence-corrected chi connectivity index (χ4v) is 3.23. The van der Waals surface area contributed by atoms with E-state index in [1.165, 1.54) is 5.56 Å². The average Bonchev–Trinajstić information content (AvgIpc) is 2.66. The molecular weight excluding hydrogens is 467 g/mol. The minimum atomic E-state index is 0. The van der Waals surface area contributed by atoms with Crippen molar-refractivity contribution in [1.82, 2.24) is 15.5 Å². The molecule has 0 amide bonds. The molecule has 0 aliphatic carbocycles. The first-order valence-electron chi connectivity index (χ1n) is 10.1. The molecule has 0 bridgehead atoms. The van der Waals surface area contributed by atoms with Crippen LogP contribution in [0.4, 0.5) is 0 Å². The quantitative estimate of drug-likeness (QED) is 0.308. The Hall–Kier alpha value is -1.06. The second-order valence-electron chi connectivity index (χ2n) is 7.39. The van der Waals surface area contributed by atoms with Crippen molar-refractivity contribution in [3.05, 3.63) is 29.8 Å². The first-order chi connectivity index (χ1) is 13.1. The zero-order chi connectivity index (χ0) is 19.5. The number of aliphatic imine (C=N–C) groups is 1. The third kappa shape index (κ3) is 9.43. The Morgan fingerprint density at radius 3 is 2.68 bits per heavy atom. The molecule has 1 heterocycles. The number of guanidine groups is 1. The van der Waals surface area contributed by atoms with Crippen LogP contribution in [0.15, 0.2) is 29.3 Å². The highest BCUT2D eigenvalue weighted by molar-refractivity contribution is 14.0. The van der Waals surface area contributed by atoms with Crippen LogP contribution >= 0.6 is 24.0 Å². The molecule has 0 radical (unpaired) electrons. The van der Waals surface area contributed by atoms with Gasteiger partial charge in [0.15, 0.2) is 5.96 Å². The molecule has 28 heavy (non-hydrogen) atoms. The van der Waals surface area contributed by atoms with Gasteiger partial charge in [0.05, 0.1) is 26.4 Å². The fourth-order valence-electron chi connectivity index (χ4n) is 3.23. The first-order valence-corrected chi connectivity index (χ1v) is 10.1. The van der Waals surface area contributed by atoms with Crippen LogP contribution in [0.3, 0.4) is 0 Å². The van der Waals surface area contributed by atoms with Crippen molar-refractivity contribution >= 4 is 29.9 Å². The number of ether oxygens (including phenoxy) is 2. The lowest BCUT2D eigenvalue weighted by atomic mass is 10.1. The van der Waals surface area contributed by atoms with Crippen molar-refractivity contribution in [3.8, 4) is 5.75 Å². The summed E-state index contributed by atoms with van der Waals surface area (Å²) in [5.74, 6) is 2.43. The van der Waals surface area contributed by atoms with Gasteiger partial charge in [-0.25, -0.2) is 0 Å². The van der Waals surface area contributed by atoms with Gasteiger partial charge in [0.2, 0.25) is 0 Å². The molecule has 1 aliphatic heterocycles. The van der Waals surface area contributed by atoms with E-state index < -0.39 is 0 Å². The van der Waals surface area contributed by atoms with Crippen molar-refractivity contribution in [1.29, 1.82) is 0 Å². The molecule has 6 nitrogen and oxygen atoms in total. The van der Waals surface area contributed by atoms with E-state index in [0.29, 0.717) is 12.5 Å². The minimum Gasteiger partial charge on any atom is -0.497 e. The highest BCUT2D eigenvalue weighted by atomic mass is 127. The maximum Gasteiger partial charge on any atom is 0.191 e. The topological polar surface area (TPSA) is 58.1 Å². The lowest BCUT2D eigenvalue weighted by Gasteiger charge is -2.33.